The van der Waals surface area contributed by atoms with E-state index in [9.17, 15) is 4.79 Å². The first-order valence-corrected chi connectivity index (χ1v) is 7.09. The summed E-state index contributed by atoms with van der Waals surface area (Å²) >= 11 is 0. The third kappa shape index (κ3) is 6.85. The molecule has 3 heteroatoms. The summed E-state index contributed by atoms with van der Waals surface area (Å²) in [6.07, 6.45) is 2.74. The van der Waals surface area contributed by atoms with Crippen molar-refractivity contribution in [1.82, 2.24) is 5.32 Å². The molecule has 0 aromatic heterocycles. The van der Waals surface area contributed by atoms with E-state index in [1.54, 1.807) is 0 Å². The minimum atomic E-state index is -0.317. The van der Waals surface area contributed by atoms with Gasteiger partial charge in [-0.25, -0.2) is 4.79 Å². The van der Waals surface area contributed by atoms with Crippen LogP contribution in [0.2, 0.25) is 0 Å². The molecular formula is C16H25NO2. The van der Waals surface area contributed by atoms with Crippen LogP contribution in [0.4, 0.5) is 4.79 Å². The lowest BCUT2D eigenvalue weighted by molar-refractivity contribution is 0.133. The van der Waals surface area contributed by atoms with Crippen LogP contribution in [0.5, 0.6) is 0 Å². The quantitative estimate of drug-likeness (QED) is 0.803. The second-order valence-electron chi connectivity index (χ2n) is 5.32. The summed E-state index contributed by atoms with van der Waals surface area (Å²) in [5.74, 6) is 0.575. The van der Waals surface area contributed by atoms with Crippen molar-refractivity contribution in [2.45, 2.75) is 52.7 Å². The molecule has 1 amide bonds. The summed E-state index contributed by atoms with van der Waals surface area (Å²) in [7, 11) is 0. The first kappa shape index (κ1) is 15.5. The van der Waals surface area contributed by atoms with Crippen LogP contribution in [0.3, 0.4) is 0 Å². The normalized spacial score (nSPS) is 12.2. The van der Waals surface area contributed by atoms with Gasteiger partial charge < -0.3 is 10.1 Å². The van der Waals surface area contributed by atoms with E-state index in [2.05, 4.69) is 26.1 Å². The summed E-state index contributed by atoms with van der Waals surface area (Å²) in [5, 5.41) is 2.96. The highest BCUT2D eigenvalue weighted by Gasteiger charge is 2.13. The molecular weight excluding hydrogens is 238 g/mol. The SMILES string of the molecule is CCCC(CC(C)C)NC(=O)OCc1ccccc1. The minimum Gasteiger partial charge on any atom is -0.445 e. The molecule has 1 N–H and O–H groups in total. The first-order chi connectivity index (χ1) is 9.11. The van der Waals surface area contributed by atoms with E-state index in [0.29, 0.717) is 12.5 Å². The molecule has 0 aliphatic carbocycles. The van der Waals surface area contributed by atoms with Crippen molar-refractivity contribution in [2.24, 2.45) is 5.92 Å². The number of benzene rings is 1. The summed E-state index contributed by atoms with van der Waals surface area (Å²) in [4.78, 5) is 11.7. The standard InChI is InChI=1S/C16H25NO2/c1-4-8-15(11-13(2)3)17-16(18)19-12-14-9-6-5-7-10-14/h5-7,9-10,13,15H,4,8,11-12H2,1-3H3,(H,17,18). The molecule has 0 aliphatic rings. The van der Waals surface area contributed by atoms with Gasteiger partial charge in [0, 0.05) is 6.04 Å². The van der Waals surface area contributed by atoms with E-state index in [0.717, 1.165) is 24.8 Å². The maximum absolute atomic E-state index is 11.7. The van der Waals surface area contributed by atoms with E-state index < -0.39 is 0 Å². The van der Waals surface area contributed by atoms with Crippen molar-refractivity contribution in [1.29, 1.82) is 0 Å². The summed E-state index contributed by atoms with van der Waals surface area (Å²) in [5.41, 5.74) is 1.01. The van der Waals surface area contributed by atoms with E-state index >= 15 is 0 Å². The molecule has 1 unspecified atom stereocenters. The molecule has 0 saturated carbocycles. The summed E-state index contributed by atoms with van der Waals surface area (Å²) < 4.78 is 5.24. The maximum Gasteiger partial charge on any atom is 0.407 e. The Balaban J connectivity index is 2.35. The second kappa shape index (κ2) is 8.57. The minimum absolute atomic E-state index is 0.216. The molecule has 1 rings (SSSR count). The molecule has 0 heterocycles. The van der Waals surface area contributed by atoms with Crippen LogP contribution < -0.4 is 5.32 Å². The maximum atomic E-state index is 11.7. The lowest BCUT2D eigenvalue weighted by Gasteiger charge is -2.19. The number of hydrogen-bond donors (Lipinski definition) is 1. The van der Waals surface area contributed by atoms with Crippen molar-refractivity contribution in [3.05, 3.63) is 35.9 Å². The molecule has 0 fully saturated rings. The van der Waals surface area contributed by atoms with E-state index in [4.69, 9.17) is 4.74 Å². The Morgan fingerprint density at radius 3 is 2.53 bits per heavy atom. The molecule has 19 heavy (non-hydrogen) atoms. The van der Waals surface area contributed by atoms with Gasteiger partial charge in [-0.05, 0) is 24.3 Å². The van der Waals surface area contributed by atoms with Gasteiger partial charge in [0.15, 0.2) is 0 Å². The summed E-state index contributed by atoms with van der Waals surface area (Å²) in [6, 6.07) is 9.94. The zero-order valence-electron chi connectivity index (χ0n) is 12.2. The first-order valence-electron chi connectivity index (χ1n) is 7.09. The van der Waals surface area contributed by atoms with Gasteiger partial charge in [0.05, 0.1) is 0 Å². The fourth-order valence-corrected chi connectivity index (χ4v) is 2.10. The van der Waals surface area contributed by atoms with Gasteiger partial charge in [0.25, 0.3) is 0 Å². The third-order valence-corrected chi connectivity index (χ3v) is 2.93. The van der Waals surface area contributed by atoms with Crippen molar-refractivity contribution in [2.75, 3.05) is 0 Å². The Morgan fingerprint density at radius 1 is 1.26 bits per heavy atom. The number of hydrogen-bond acceptors (Lipinski definition) is 2. The van der Waals surface area contributed by atoms with Gasteiger partial charge >= 0.3 is 6.09 Å². The lowest BCUT2D eigenvalue weighted by Crippen LogP contribution is -2.36. The predicted octanol–water partition coefficient (Wildman–Crippen LogP) is 4.13. The summed E-state index contributed by atoms with van der Waals surface area (Å²) in [6.45, 7) is 6.79. The third-order valence-electron chi connectivity index (χ3n) is 2.93. The van der Waals surface area contributed by atoms with Gasteiger partial charge in [-0.1, -0.05) is 57.5 Å². The average Bonchev–Trinajstić information content (AvgIpc) is 2.37. The van der Waals surface area contributed by atoms with Crippen LogP contribution in [0.1, 0.15) is 45.6 Å². The van der Waals surface area contributed by atoms with Crippen LogP contribution in [0.25, 0.3) is 0 Å². The average molecular weight is 263 g/mol. The van der Waals surface area contributed by atoms with Crippen LogP contribution >= 0.6 is 0 Å². The molecule has 1 aromatic rings. The monoisotopic (exact) mass is 263 g/mol. The van der Waals surface area contributed by atoms with Crippen LogP contribution in [0, 0.1) is 5.92 Å². The molecule has 0 aliphatic heterocycles. The topological polar surface area (TPSA) is 38.3 Å². The predicted molar refractivity (Wildman–Crippen MR) is 77.9 cm³/mol. The molecule has 3 nitrogen and oxygen atoms in total. The fourth-order valence-electron chi connectivity index (χ4n) is 2.10. The Hall–Kier alpha value is -1.51. The van der Waals surface area contributed by atoms with Crippen molar-refractivity contribution in [3.8, 4) is 0 Å². The van der Waals surface area contributed by atoms with Gasteiger partial charge in [-0.3, -0.25) is 0 Å². The highest BCUT2D eigenvalue weighted by molar-refractivity contribution is 5.67. The second-order valence-corrected chi connectivity index (χ2v) is 5.32. The van der Waals surface area contributed by atoms with Gasteiger partial charge in [0.2, 0.25) is 0 Å². The Kier molecular flexibility index (Phi) is 7.01. The van der Waals surface area contributed by atoms with Crippen molar-refractivity contribution < 1.29 is 9.53 Å². The molecule has 0 bridgehead atoms. The number of ether oxygens (including phenoxy) is 1. The number of carbonyl (C=O) groups excluding carboxylic acids is 1. The van der Waals surface area contributed by atoms with Crippen LogP contribution in [-0.2, 0) is 11.3 Å². The lowest BCUT2D eigenvalue weighted by atomic mass is 10.0. The van der Waals surface area contributed by atoms with E-state index in [1.807, 2.05) is 30.3 Å². The molecule has 1 aromatic carbocycles. The zero-order valence-corrected chi connectivity index (χ0v) is 12.2. The number of alkyl carbamates (subject to hydrolysis) is 1. The largest absolute Gasteiger partial charge is 0.445 e. The molecule has 0 spiro atoms. The van der Waals surface area contributed by atoms with E-state index in [-0.39, 0.29) is 12.1 Å². The van der Waals surface area contributed by atoms with Crippen molar-refractivity contribution in [3.63, 3.8) is 0 Å². The molecule has 1 atom stereocenters. The zero-order chi connectivity index (χ0) is 14.1. The van der Waals surface area contributed by atoms with Gasteiger partial charge in [-0.2, -0.15) is 0 Å². The van der Waals surface area contributed by atoms with Crippen LogP contribution in [-0.4, -0.2) is 12.1 Å². The fraction of sp³-hybridized carbons (Fsp3) is 0.562. The molecule has 106 valence electrons. The number of nitrogens with one attached hydrogen (secondary N) is 1. The van der Waals surface area contributed by atoms with Gasteiger partial charge in [0.1, 0.15) is 6.61 Å². The smallest absolute Gasteiger partial charge is 0.407 e. The Morgan fingerprint density at radius 2 is 1.95 bits per heavy atom. The Labute approximate surface area is 116 Å². The number of amides is 1. The van der Waals surface area contributed by atoms with Crippen molar-refractivity contribution >= 4 is 6.09 Å². The number of rotatable bonds is 7. The highest BCUT2D eigenvalue weighted by Crippen LogP contribution is 2.10. The van der Waals surface area contributed by atoms with Gasteiger partial charge in [-0.15, -0.1) is 0 Å². The highest BCUT2D eigenvalue weighted by atomic mass is 16.5. The Bertz CT molecular complexity index is 362. The van der Waals surface area contributed by atoms with Crippen LogP contribution in [0.15, 0.2) is 30.3 Å². The number of carbonyl (C=O) groups is 1. The van der Waals surface area contributed by atoms with E-state index in [1.165, 1.54) is 0 Å². The molecule has 0 radical (unpaired) electrons. The molecule has 0 saturated heterocycles.